The normalized spacial score (nSPS) is 15.1. The van der Waals surface area contributed by atoms with Crippen molar-refractivity contribution in [2.24, 2.45) is 5.10 Å². The molecule has 0 saturated carbocycles. The van der Waals surface area contributed by atoms with Gasteiger partial charge >= 0.3 is 12.0 Å². The minimum absolute atomic E-state index is 0.159. The molecule has 0 fully saturated rings. The first-order chi connectivity index (χ1) is 22.2. The fourth-order valence-electron chi connectivity index (χ4n) is 4.62. The van der Waals surface area contributed by atoms with Crippen molar-refractivity contribution in [3.05, 3.63) is 93.1 Å². The van der Waals surface area contributed by atoms with Gasteiger partial charge in [0.1, 0.15) is 13.2 Å². The van der Waals surface area contributed by atoms with Crippen LogP contribution in [0, 0.1) is 0 Å². The molecule has 12 nitrogen and oxygen atoms in total. The summed E-state index contributed by atoms with van der Waals surface area (Å²) in [6, 6.07) is 17.3. The number of nitrogens with one attached hydrogen (secondary N) is 3. The number of rotatable bonds is 15. The molecule has 4 N–H and O–H groups in total. The molecule has 244 valence electrons. The summed E-state index contributed by atoms with van der Waals surface area (Å²) < 4.78 is 29.0. The summed E-state index contributed by atoms with van der Waals surface area (Å²) in [6.45, 7) is 6.33. The summed E-state index contributed by atoms with van der Waals surface area (Å²) in [5.74, 6) is 1.28. The van der Waals surface area contributed by atoms with Crippen molar-refractivity contribution in [2.75, 3.05) is 26.9 Å². The zero-order chi connectivity index (χ0) is 33.1. The molecule has 0 aromatic heterocycles. The Bertz CT molecular complexity index is 1580. The Hall–Kier alpha value is -4.75. The highest BCUT2D eigenvalue weighted by Crippen LogP contribution is 2.37. The van der Waals surface area contributed by atoms with Gasteiger partial charge in [0.15, 0.2) is 29.2 Å². The average Bonchev–Trinajstić information content (AvgIpc) is 3.04. The predicted octanol–water partition coefficient (Wildman–Crippen LogP) is 4.95. The van der Waals surface area contributed by atoms with E-state index in [9.17, 15) is 14.7 Å². The van der Waals surface area contributed by atoms with Gasteiger partial charge in [0.2, 0.25) is 0 Å². The molecule has 1 aliphatic heterocycles. The number of carbonyl (C=O) groups is 2. The highest BCUT2D eigenvalue weighted by Gasteiger charge is 2.32. The second kappa shape index (κ2) is 16.5. The number of benzene rings is 3. The maximum atomic E-state index is 12.5. The summed E-state index contributed by atoms with van der Waals surface area (Å²) in [4.78, 5) is 24.6. The fraction of sp³-hybridized carbons (Fsp3) is 0.303. The first kappa shape index (κ1) is 34.1. The van der Waals surface area contributed by atoms with Gasteiger partial charge in [-0.05, 0) is 77.7 Å². The number of carbonyl (C=O) groups excluding carboxylic acids is 2. The summed E-state index contributed by atoms with van der Waals surface area (Å²) in [7, 11) is 1.28. The van der Waals surface area contributed by atoms with Gasteiger partial charge in [0.25, 0.3) is 0 Å². The number of hydrogen-bond acceptors (Lipinski definition) is 10. The zero-order valence-corrected chi connectivity index (χ0v) is 27.6. The Labute approximate surface area is 275 Å². The molecule has 0 radical (unpaired) electrons. The van der Waals surface area contributed by atoms with Gasteiger partial charge in [-0.3, -0.25) is 5.43 Å². The number of aliphatic hydroxyl groups is 1. The Morgan fingerprint density at radius 3 is 2.48 bits per heavy atom. The van der Waals surface area contributed by atoms with Crippen LogP contribution in [0.5, 0.6) is 23.0 Å². The van der Waals surface area contributed by atoms with Crippen LogP contribution < -0.4 is 35.0 Å². The number of allylic oxidation sites excluding steroid dienone is 1. The second-order valence-electron chi connectivity index (χ2n) is 9.95. The van der Waals surface area contributed by atoms with E-state index >= 15 is 0 Å². The van der Waals surface area contributed by atoms with E-state index in [2.05, 4.69) is 37.1 Å². The van der Waals surface area contributed by atoms with Crippen LogP contribution in [0.4, 0.5) is 4.79 Å². The Balaban J connectivity index is 1.40. The van der Waals surface area contributed by atoms with Crippen LogP contribution in [0.15, 0.2) is 81.5 Å². The summed E-state index contributed by atoms with van der Waals surface area (Å²) in [5.41, 5.74) is 5.62. The van der Waals surface area contributed by atoms with E-state index in [1.54, 1.807) is 37.4 Å². The number of hydrazone groups is 1. The molecule has 4 rings (SSSR count). The molecule has 2 atom stereocenters. The standard InChI is InChI=1S/C33H37BrN4O8/c1-5-43-26-16-23(30-29(32(40)42-4)20(3)36-33(41)37-30)12-13-25(26)45-19-28(39)38-35-17-22-14-24(34)31(27(15-22)44-6-2)46-18-21-10-8-7-9-11-21/h7-17,28,30,38-39H,5-6,18-19H2,1-4H3,(H2,36,37,41)/b35-17-/t28-,30+/m0/s1. The molecule has 13 heteroatoms. The molecule has 0 spiro atoms. The SMILES string of the molecule is CCOc1cc([C@H]2NC(=O)NC(C)=C2C(=O)OC)ccc1OC[C@H](O)N/N=C\c1cc(Br)c(OCc2ccccc2)c(OCC)c1. The van der Waals surface area contributed by atoms with Gasteiger partial charge in [-0.15, -0.1) is 0 Å². The van der Waals surface area contributed by atoms with Crippen molar-refractivity contribution < 1.29 is 38.4 Å². The number of hydrogen-bond donors (Lipinski definition) is 4. The highest BCUT2D eigenvalue weighted by atomic mass is 79.9. The minimum Gasteiger partial charge on any atom is -0.490 e. The highest BCUT2D eigenvalue weighted by molar-refractivity contribution is 9.10. The van der Waals surface area contributed by atoms with Crippen molar-refractivity contribution in [3.63, 3.8) is 0 Å². The van der Waals surface area contributed by atoms with Crippen LogP contribution in [0.1, 0.15) is 43.5 Å². The number of nitrogens with zero attached hydrogens (tertiary/aromatic N) is 1. The monoisotopic (exact) mass is 696 g/mol. The molecule has 0 saturated heterocycles. The molecular weight excluding hydrogens is 660 g/mol. The molecule has 1 heterocycles. The van der Waals surface area contributed by atoms with Crippen LogP contribution in [-0.2, 0) is 16.1 Å². The van der Waals surface area contributed by atoms with Gasteiger partial charge in [0.05, 0.1) is 42.6 Å². The summed E-state index contributed by atoms with van der Waals surface area (Å²) >= 11 is 3.57. The number of aliphatic hydroxyl groups excluding tert-OH is 1. The van der Waals surface area contributed by atoms with Crippen LogP contribution in [0.25, 0.3) is 0 Å². The van der Waals surface area contributed by atoms with E-state index in [0.717, 1.165) is 5.56 Å². The smallest absolute Gasteiger partial charge is 0.337 e. The van der Waals surface area contributed by atoms with E-state index in [1.807, 2.05) is 50.2 Å². The Morgan fingerprint density at radius 1 is 1.02 bits per heavy atom. The third kappa shape index (κ3) is 8.92. The van der Waals surface area contributed by atoms with E-state index in [4.69, 9.17) is 23.7 Å². The van der Waals surface area contributed by atoms with E-state index < -0.39 is 24.3 Å². The number of amides is 2. The number of urea groups is 1. The van der Waals surface area contributed by atoms with Gasteiger partial charge in [-0.2, -0.15) is 5.10 Å². The average molecular weight is 698 g/mol. The lowest BCUT2D eigenvalue weighted by Crippen LogP contribution is -2.45. The van der Waals surface area contributed by atoms with Crippen molar-refractivity contribution in [1.82, 2.24) is 16.1 Å². The zero-order valence-electron chi connectivity index (χ0n) is 26.0. The van der Waals surface area contributed by atoms with Crippen LogP contribution in [0.3, 0.4) is 0 Å². The van der Waals surface area contributed by atoms with Crippen molar-refractivity contribution >= 4 is 34.1 Å². The molecule has 0 bridgehead atoms. The lowest BCUT2D eigenvalue weighted by atomic mass is 9.95. The molecule has 2 amide bonds. The van der Waals surface area contributed by atoms with Crippen molar-refractivity contribution in [1.29, 1.82) is 0 Å². The predicted molar refractivity (Wildman–Crippen MR) is 175 cm³/mol. The number of ether oxygens (including phenoxy) is 5. The van der Waals surface area contributed by atoms with Gasteiger partial charge in [-0.1, -0.05) is 36.4 Å². The van der Waals surface area contributed by atoms with E-state index in [0.29, 0.717) is 64.1 Å². The lowest BCUT2D eigenvalue weighted by molar-refractivity contribution is -0.136. The quantitative estimate of drug-likeness (QED) is 0.0750. The van der Waals surface area contributed by atoms with Gasteiger partial charge in [-0.25, -0.2) is 9.59 Å². The van der Waals surface area contributed by atoms with Crippen LogP contribution in [-0.4, -0.2) is 56.5 Å². The Kier molecular flexibility index (Phi) is 12.3. The number of methoxy groups -OCH3 is 1. The molecule has 0 unspecified atom stereocenters. The first-order valence-corrected chi connectivity index (χ1v) is 15.4. The van der Waals surface area contributed by atoms with E-state index in [1.165, 1.54) is 7.11 Å². The number of esters is 1. The Morgan fingerprint density at radius 2 is 1.76 bits per heavy atom. The van der Waals surface area contributed by atoms with E-state index in [-0.39, 0.29) is 12.2 Å². The van der Waals surface area contributed by atoms with Crippen molar-refractivity contribution in [3.8, 4) is 23.0 Å². The maximum absolute atomic E-state index is 12.5. The lowest BCUT2D eigenvalue weighted by Gasteiger charge is -2.28. The third-order valence-electron chi connectivity index (χ3n) is 6.67. The van der Waals surface area contributed by atoms with Crippen LogP contribution >= 0.6 is 15.9 Å². The summed E-state index contributed by atoms with van der Waals surface area (Å²) in [6.07, 6.45) is 0.383. The molecular formula is C33H37BrN4O8. The largest absolute Gasteiger partial charge is 0.490 e. The molecule has 46 heavy (non-hydrogen) atoms. The minimum atomic E-state index is -1.16. The fourth-order valence-corrected chi connectivity index (χ4v) is 5.19. The van der Waals surface area contributed by atoms with Crippen molar-refractivity contribution in [2.45, 2.75) is 39.6 Å². The van der Waals surface area contributed by atoms with Crippen LogP contribution in [0.2, 0.25) is 0 Å². The first-order valence-electron chi connectivity index (χ1n) is 14.6. The molecule has 3 aromatic carbocycles. The summed E-state index contributed by atoms with van der Waals surface area (Å²) in [5, 5.41) is 20.0. The molecule has 0 aliphatic carbocycles. The second-order valence-corrected chi connectivity index (χ2v) is 10.8. The van der Waals surface area contributed by atoms with Gasteiger partial charge in [0, 0.05) is 5.70 Å². The van der Waals surface area contributed by atoms with Gasteiger partial charge < -0.3 is 39.4 Å². The molecule has 1 aliphatic rings. The maximum Gasteiger partial charge on any atom is 0.337 e. The topological polar surface area (TPSA) is 149 Å². The third-order valence-corrected chi connectivity index (χ3v) is 7.26. The number of halogens is 1. The molecule has 3 aromatic rings.